The van der Waals surface area contributed by atoms with E-state index in [9.17, 15) is 9.59 Å². The van der Waals surface area contributed by atoms with Crippen molar-refractivity contribution in [2.24, 2.45) is 7.05 Å². The molecule has 1 N–H and O–H groups in total. The van der Waals surface area contributed by atoms with Crippen LogP contribution in [0.15, 0.2) is 59.8 Å². The second-order valence-corrected chi connectivity index (χ2v) is 7.67. The maximum atomic E-state index is 13.2. The Morgan fingerprint density at radius 2 is 1.97 bits per heavy atom. The van der Waals surface area contributed by atoms with E-state index in [2.05, 4.69) is 10.3 Å². The molecule has 0 spiro atoms. The lowest BCUT2D eigenvalue weighted by molar-refractivity contribution is -0.116. The monoisotopic (exact) mass is 446 g/mol. The molecule has 168 valence electrons. The Labute approximate surface area is 189 Å². The summed E-state index contributed by atoms with van der Waals surface area (Å²) in [6.07, 6.45) is 3.26. The van der Waals surface area contributed by atoms with Crippen LogP contribution in [0.25, 0.3) is 22.2 Å². The van der Waals surface area contributed by atoms with Crippen LogP contribution in [0.2, 0.25) is 0 Å². The number of hydrogen-bond donors (Lipinski definition) is 1. The van der Waals surface area contributed by atoms with E-state index in [0.717, 1.165) is 11.1 Å². The lowest BCUT2D eigenvalue weighted by atomic mass is 10.1. The number of carbonyl (C=O) groups excluding carboxylic acids is 1. The minimum Gasteiger partial charge on any atom is -0.497 e. The molecule has 2 aromatic heterocycles. The van der Waals surface area contributed by atoms with Crippen LogP contribution >= 0.6 is 0 Å². The van der Waals surface area contributed by atoms with Gasteiger partial charge in [0, 0.05) is 30.6 Å². The Balaban J connectivity index is 1.41. The lowest BCUT2D eigenvalue weighted by Gasteiger charge is -2.19. The fourth-order valence-electron chi connectivity index (χ4n) is 3.90. The van der Waals surface area contributed by atoms with Crippen molar-refractivity contribution in [3.63, 3.8) is 0 Å². The third-order valence-electron chi connectivity index (χ3n) is 5.47. The molecular weight excluding hydrogens is 424 g/mol. The van der Waals surface area contributed by atoms with Gasteiger partial charge in [0.05, 0.1) is 13.4 Å². The van der Waals surface area contributed by atoms with Crippen molar-refractivity contribution >= 4 is 22.6 Å². The predicted octanol–water partition coefficient (Wildman–Crippen LogP) is 2.82. The molecule has 0 saturated heterocycles. The highest BCUT2D eigenvalue weighted by molar-refractivity contribution is 5.93. The van der Waals surface area contributed by atoms with Gasteiger partial charge in [-0.1, -0.05) is 12.1 Å². The van der Waals surface area contributed by atoms with Gasteiger partial charge in [0.1, 0.15) is 36.5 Å². The fourth-order valence-corrected chi connectivity index (χ4v) is 3.90. The van der Waals surface area contributed by atoms with Crippen LogP contribution < -0.4 is 25.1 Å². The highest BCUT2D eigenvalue weighted by atomic mass is 16.6. The number of benzene rings is 2. The molecule has 1 aliphatic rings. The van der Waals surface area contributed by atoms with Gasteiger partial charge in [0.2, 0.25) is 5.91 Å². The molecule has 1 amide bonds. The van der Waals surface area contributed by atoms with Crippen LogP contribution in [0.3, 0.4) is 0 Å². The highest BCUT2D eigenvalue weighted by Gasteiger charge is 2.17. The van der Waals surface area contributed by atoms with Crippen molar-refractivity contribution in [2.45, 2.75) is 6.54 Å². The molecule has 9 heteroatoms. The zero-order valence-corrected chi connectivity index (χ0v) is 18.2. The van der Waals surface area contributed by atoms with Gasteiger partial charge in [-0.25, -0.2) is 4.98 Å². The van der Waals surface area contributed by atoms with Gasteiger partial charge in [-0.3, -0.25) is 14.2 Å². The second-order valence-electron chi connectivity index (χ2n) is 7.67. The molecule has 0 aliphatic carbocycles. The number of fused-ring (bicyclic) bond motifs is 2. The molecular formula is C24H22N4O5. The predicted molar refractivity (Wildman–Crippen MR) is 123 cm³/mol. The normalized spacial score (nSPS) is 12.5. The summed E-state index contributed by atoms with van der Waals surface area (Å²) in [5.74, 6) is 1.58. The summed E-state index contributed by atoms with van der Waals surface area (Å²) in [6.45, 7) is 0.783. The maximum absolute atomic E-state index is 13.2. The summed E-state index contributed by atoms with van der Waals surface area (Å²) in [6, 6.07) is 12.7. The molecule has 3 heterocycles. The summed E-state index contributed by atoms with van der Waals surface area (Å²) in [5, 5.41) is 2.79. The Bertz CT molecular complexity index is 1420. The van der Waals surface area contributed by atoms with E-state index >= 15 is 0 Å². The average Bonchev–Trinajstić information content (AvgIpc) is 3.18. The van der Waals surface area contributed by atoms with Gasteiger partial charge in [-0.2, -0.15) is 0 Å². The summed E-state index contributed by atoms with van der Waals surface area (Å²) in [4.78, 5) is 30.3. The number of rotatable bonds is 5. The molecule has 0 atom stereocenters. The Morgan fingerprint density at radius 3 is 2.79 bits per heavy atom. The fraction of sp³-hybridized carbons (Fsp3) is 0.208. The van der Waals surface area contributed by atoms with Gasteiger partial charge in [0.25, 0.3) is 5.56 Å². The number of carbonyl (C=O) groups is 1. The van der Waals surface area contributed by atoms with Crippen molar-refractivity contribution in [2.75, 3.05) is 25.6 Å². The van der Waals surface area contributed by atoms with E-state index in [1.54, 1.807) is 36.9 Å². The first kappa shape index (κ1) is 20.6. The van der Waals surface area contributed by atoms with Gasteiger partial charge < -0.3 is 24.1 Å². The van der Waals surface area contributed by atoms with Gasteiger partial charge in [-0.05, 0) is 29.8 Å². The molecule has 1 aliphatic heterocycles. The quantitative estimate of drug-likeness (QED) is 0.506. The minimum absolute atomic E-state index is 0.171. The topological polar surface area (TPSA) is 96.6 Å². The van der Waals surface area contributed by atoms with Crippen molar-refractivity contribution in [1.82, 2.24) is 14.1 Å². The molecule has 0 radical (unpaired) electrons. The first-order chi connectivity index (χ1) is 16.0. The third kappa shape index (κ3) is 3.89. The minimum atomic E-state index is -0.350. The van der Waals surface area contributed by atoms with Gasteiger partial charge >= 0.3 is 0 Å². The molecule has 9 nitrogen and oxygen atoms in total. The summed E-state index contributed by atoms with van der Waals surface area (Å²) >= 11 is 0. The van der Waals surface area contributed by atoms with Crippen LogP contribution in [0.5, 0.6) is 17.2 Å². The largest absolute Gasteiger partial charge is 0.497 e. The summed E-state index contributed by atoms with van der Waals surface area (Å²) in [7, 11) is 3.39. The van der Waals surface area contributed by atoms with Crippen molar-refractivity contribution < 1.29 is 19.0 Å². The molecule has 0 saturated carbocycles. The molecule has 33 heavy (non-hydrogen) atoms. The van der Waals surface area contributed by atoms with Crippen molar-refractivity contribution in [1.29, 1.82) is 0 Å². The Morgan fingerprint density at radius 1 is 1.15 bits per heavy atom. The number of nitrogens with one attached hydrogen (secondary N) is 1. The van der Waals surface area contributed by atoms with Gasteiger partial charge in [0.15, 0.2) is 11.5 Å². The molecule has 4 aromatic rings. The van der Waals surface area contributed by atoms with Crippen LogP contribution in [0.1, 0.15) is 0 Å². The third-order valence-corrected chi connectivity index (χ3v) is 5.47. The maximum Gasteiger partial charge on any atom is 0.278 e. The summed E-state index contributed by atoms with van der Waals surface area (Å²) < 4.78 is 19.4. The number of hydrogen-bond acceptors (Lipinski definition) is 6. The number of nitrogens with zero attached hydrogens (tertiary/aromatic N) is 3. The molecule has 0 fully saturated rings. The smallest absolute Gasteiger partial charge is 0.278 e. The molecule has 5 rings (SSSR count). The van der Waals surface area contributed by atoms with Crippen molar-refractivity contribution in [3.05, 3.63) is 65.3 Å². The van der Waals surface area contributed by atoms with Crippen LogP contribution in [-0.4, -0.2) is 40.3 Å². The van der Waals surface area contributed by atoms with E-state index in [4.69, 9.17) is 14.2 Å². The molecule has 2 aromatic carbocycles. The Kier molecular flexibility index (Phi) is 5.21. The van der Waals surface area contributed by atoms with Gasteiger partial charge in [-0.15, -0.1) is 0 Å². The van der Waals surface area contributed by atoms with E-state index in [1.165, 1.54) is 10.9 Å². The Hall–Kier alpha value is -4.27. The number of amides is 1. The second kappa shape index (κ2) is 8.34. The SMILES string of the molecule is COc1cccc(-c2cn(C)c3c(=O)n(CC(=O)Nc4ccc5c(c4)OCCO5)cnc23)c1. The van der Waals surface area contributed by atoms with E-state index in [0.29, 0.717) is 47.2 Å². The molecule has 0 unspecified atom stereocenters. The lowest BCUT2D eigenvalue weighted by Crippen LogP contribution is -2.28. The standard InChI is InChI=1S/C24H22N4O5/c1-27-12-18(15-4-3-5-17(10-15)31-2)22-23(27)24(30)28(14-25-22)13-21(29)26-16-6-7-19-20(11-16)33-9-8-32-19/h3-7,10-12,14H,8-9,13H2,1-2H3,(H,26,29). The number of aryl methyl sites for hydroxylation is 1. The summed E-state index contributed by atoms with van der Waals surface area (Å²) in [5.41, 5.74) is 2.96. The first-order valence-electron chi connectivity index (χ1n) is 10.4. The van der Waals surface area contributed by atoms with E-state index in [1.807, 2.05) is 30.5 Å². The highest BCUT2D eigenvalue weighted by Crippen LogP contribution is 2.32. The van der Waals surface area contributed by atoms with E-state index < -0.39 is 0 Å². The van der Waals surface area contributed by atoms with Crippen LogP contribution in [-0.2, 0) is 18.4 Å². The number of ether oxygens (including phenoxy) is 3. The van der Waals surface area contributed by atoms with Crippen molar-refractivity contribution in [3.8, 4) is 28.4 Å². The number of methoxy groups -OCH3 is 1. The molecule has 0 bridgehead atoms. The van der Waals surface area contributed by atoms with Crippen LogP contribution in [0, 0.1) is 0 Å². The van der Waals surface area contributed by atoms with Crippen LogP contribution in [0.4, 0.5) is 5.69 Å². The van der Waals surface area contributed by atoms with E-state index in [-0.39, 0.29) is 18.0 Å². The first-order valence-corrected chi connectivity index (χ1v) is 10.4. The zero-order valence-electron chi connectivity index (χ0n) is 18.2. The number of aromatic nitrogens is 3. The number of anilines is 1. The average molecular weight is 446 g/mol. The zero-order chi connectivity index (χ0) is 22.9.